The first kappa shape index (κ1) is 14.8. The number of Topliss-reactive ketones (excluding diaryl/α,β-unsaturated/α-hetero) is 1. The molecule has 3 aromatic rings. The molecule has 0 aliphatic heterocycles. The molecule has 0 saturated carbocycles. The van der Waals surface area contributed by atoms with Crippen molar-refractivity contribution in [2.75, 3.05) is 0 Å². The van der Waals surface area contributed by atoms with Crippen molar-refractivity contribution in [3.05, 3.63) is 77.5 Å². The number of fused-ring (bicyclic) bond motifs is 1. The molecule has 0 bridgehead atoms. The van der Waals surface area contributed by atoms with E-state index in [1.54, 1.807) is 0 Å². The lowest BCUT2D eigenvalue weighted by atomic mass is 9.90. The van der Waals surface area contributed by atoms with Crippen molar-refractivity contribution in [3.8, 4) is 17.0 Å². The van der Waals surface area contributed by atoms with Crippen molar-refractivity contribution >= 4 is 5.78 Å². The summed E-state index contributed by atoms with van der Waals surface area (Å²) >= 11 is 0. The third-order valence-electron chi connectivity index (χ3n) is 4.54. The monoisotopic (exact) mass is 317 g/mol. The summed E-state index contributed by atoms with van der Waals surface area (Å²) in [6, 6.07) is 18.0. The number of hydrogen-bond acceptors (Lipinski definition) is 2. The summed E-state index contributed by atoms with van der Waals surface area (Å²) < 4.78 is 5.92. The second kappa shape index (κ2) is 6.36. The first-order valence-corrected chi connectivity index (χ1v) is 8.32. The summed E-state index contributed by atoms with van der Waals surface area (Å²) in [4.78, 5) is 15.4. The fourth-order valence-electron chi connectivity index (χ4n) is 3.33. The van der Waals surface area contributed by atoms with Gasteiger partial charge in [-0.1, -0.05) is 42.5 Å². The van der Waals surface area contributed by atoms with Crippen LogP contribution in [0.25, 0.3) is 11.3 Å². The van der Waals surface area contributed by atoms with E-state index in [1.165, 1.54) is 0 Å². The highest BCUT2D eigenvalue weighted by Gasteiger charge is 2.23. The zero-order valence-electron chi connectivity index (χ0n) is 13.4. The summed E-state index contributed by atoms with van der Waals surface area (Å²) in [6.07, 6.45) is 4.40. The smallest absolute Gasteiger partial charge is 0.164 e. The molecule has 24 heavy (non-hydrogen) atoms. The Morgan fingerprint density at radius 1 is 0.917 bits per heavy atom. The number of aromatic amines is 1. The lowest BCUT2D eigenvalue weighted by Crippen LogP contribution is -2.09. The molecule has 1 aromatic heterocycles. The van der Waals surface area contributed by atoms with E-state index >= 15 is 0 Å². The Kier molecular flexibility index (Phi) is 3.91. The van der Waals surface area contributed by atoms with Gasteiger partial charge in [-0.05, 0) is 36.1 Å². The third kappa shape index (κ3) is 2.73. The van der Waals surface area contributed by atoms with Gasteiger partial charge in [0.1, 0.15) is 12.4 Å². The number of carbonyl (C=O) groups excluding carboxylic acids is 1. The number of ketones is 1. The molecule has 120 valence electrons. The molecule has 0 saturated heterocycles. The minimum absolute atomic E-state index is 0.247. The number of para-hydroxylation sites is 1. The van der Waals surface area contributed by atoms with Gasteiger partial charge in [-0.2, -0.15) is 0 Å². The molecule has 0 fully saturated rings. The Bertz CT molecular complexity index is 865. The number of nitrogens with one attached hydrogen (secondary N) is 1. The van der Waals surface area contributed by atoms with Crippen LogP contribution in [0.2, 0.25) is 0 Å². The molecular formula is C21H19NO2. The van der Waals surface area contributed by atoms with E-state index in [1.807, 2.05) is 48.7 Å². The van der Waals surface area contributed by atoms with Crippen molar-refractivity contribution < 1.29 is 9.53 Å². The zero-order chi connectivity index (χ0) is 16.4. The molecule has 4 rings (SSSR count). The van der Waals surface area contributed by atoms with Crippen LogP contribution in [0, 0.1) is 0 Å². The fourth-order valence-corrected chi connectivity index (χ4v) is 3.33. The van der Waals surface area contributed by atoms with Crippen LogP contribution in [0.1, 0.15) is 34.3 Å². The Morgan fingerprint density at radius 2 is 1.71 bits per heavy atom. The largest absolute Gasteiger partial charge is 0.489 e. The Morgan fingerprint density at radius 3 is 2.58 bits per heavy atom. The normalized spacial score (nSPS) is 13.6. The Balaban J connectivity index is 1.66. The standard InChI is InChI=1S/C21H19NO2/c23-20-12-6-11-18-19(20)13-22-21(18)17-10-5-4-7-15(17)14-24-16-8-2-1-3-9-16/h1-5,7-10,13,22H,6,11-12,14H2. The number of ether oxygens (including phenoxy) is 1. The zero-order valence-corrected chi connectivity index (χ0v) is 13.4. The summed E-state index contributed by atoms with van der Waals surface area (Å²) in [5, 5.41) is 0. The topological polar surface area (TPSA) is 42.1 Å². The molecule has 0 amide bonds. The molecule has 1 aliphatic carbocycles. The minimum Gasteiger partial charge on any atom is -0.489 e. The van der Waals surface area contributed by atoms with Gasteiger partial charge in [0, 0.05) is 29.4 Å². The van der Waals surface area contributed by atoms with Crippen molar-refractivity contribution in [1.82, 2.24) is 4.98 Å². The van der Waals surface area contributed by atoms with Crippen molar-refractivity contribution in [3.63, 3.8) is 0 Å². The van der Waals surface area contributed by atoms with E-state index in [0.717, 1.165) is 46.5 Å². The molecule has 3 nitrogen and oxygen atoms in total. The number of rotatable bonds is 4. The van der Waals surface area contributed by atoms with Crippen LogP contribution in [0.3, 0.4) is 0 Å². The third-order valence-corrected chi connectivity index (χ3v) is 4.54. The number of aromatic nitrogens is 1. The number of H-pyrrole nitrogens is 1. The van der Waals surface area contributed by atoms with Gasteiger partial charge < -0.3 is 9.72 Å². The van der Waals surface area contributed by atoms with Crippen molar-refractivity contribution in [2.45, 2.75) is 25.9 Å². The number of carbonyl (C=O) groups is 1. The van der Waals surface area contributed by atoms with Gasteiger partial charge in [0.15, 0.2) is 5.78 Å². The molecule has 0 atom stereocenters. The Hall–Kier alpha value is -2.81. The predicted molar refractivity (Wildman–Crippen MR) is 94.3 cm³/mol. The van der Waals surface area contributed by atoms with Gasteiger partial charge >= 0.3 is 0 Å². The average Bonchev–Trinajstić information content (AvgIpc) is 3.06. The van der Waals surface area contributed by atoms with E-state index in [2.05, 4.69) is 17.1 Å². The van der Waals surface area contributed by atoms with E-state index in [-0.39, 0.29) is 5.78 Å². The van der Waals surface area contributed by atoms with E-state index in [4.69, 9.17) is 4.74 Å². The first-order chi connectivity index (χ1) is 11.8. The van der Waals surface area contributed by atoms with Gasteiger partial charge in [-0.25, -0.2) is 0 Å². The maximum Gasteiger partial charge on any atom is 0.164 e. The average molecular weight is 317 g/mol. The summed E-state index contributed by atoms with van der Waals surface area (Å²) in [5.41, 5.74) is 5.30. The molecule has 1 heterocycles. The van der Waals surface area contributed by atoms with Gasteiger partial charge in [-0.3, -0.25) is 4.79 Å². The molecule has 2 aromatic carbocycles. The predicted octanol–water partition coefficient (Wildman–Crippen LogP) is 4.78. The van der Waals surface area contributed by atoms with Gasteiger partial charge in [0.25, 0.3) is 0 Å². The maximum atomic E-state index is 12.1. The summed E-state index contributed by atoms with van der Waals surface area (Å²) in [6.45, 7) is 0.502. The highest BCUT2D eigenvalue weighted by molar-refractivity contribution is 6.00. The van der Waals surface area contributed by atoms with Crippen LogP contribution in [-0.4, -0.2) is 10.8 Å². The maximum absolute atomic E-state index is 12.1. The van der Waals surface area contributed by atoms with Gasteiger partial charge in [0.05, 0.1) is 0 Å². The van der Waals surface area contributed by atoms with Crippen LogP contribution < -0.4 is 4.74 Å². The van der Waals surface area contributed by atoms with Crippen LogP contribution in [0.4, 0.5) is 0 Å². The highest BCUT2D eigenvalue weighted by atomic mass is 16.5. The molecule has 0 unspecified atom stereocenters. The van der Waals surface area contributed by atoms with Crippen LogP contribution in [-0.2, 0) is 13.0 Å². The molecule has 1 aliphatic rings. The molecule has 1 N–H and O–H groups in total. The second-order valence-electron chi connectivity index (χ2n) is 6.09. The van der Waals surface area contributed by atoms with E-state index in [9.17, 15) is 4.79 Å². The van der Waals surface area contributed by atoms with Crippen molar-refractivity contribution in [2.24, 2.45) is 0 Å². The lowest BCUT2D eigenvalue weighted by molar-refractivity contribution is 0.0973. The first-order valence-electron chi connectivity index (χ1n) is 8.32. The quantitative estimate of drug-likeness (QED) is 0.752. The Labute approximate surface area is 141 Å². The van der Waals surface area contributed by atoms with Crippen molar-refractivity contribution in [1.29, 1.82) is 0 Å². The lowest BCUT2D eigenvalue weighted by Gasteiger charge is -2.15. The van der Waals surface area contributed by atoms with Gasteiger partial charge in [0.2, 0.25) is 0 Å². The number of hydrogen-bond donors (Lipinski definition) is 1. The highest BCUT2D eigenvalue weighted by Crippen LogP contribution is 2.33. The summed E-state index contributed by atoms with van der Waals surface area (Å²) in [5.74, 6) is 1.10. The number of benzene rings is 2. The fraction of sp³-hybridized carbons (Fsp3) is 0.190. The molecule has 3 heteroatoms. The minimum atomic E-state index is 0.247. The molecule has 0 radical (unpaired) electrons. The van der Waals surface area contributed by atoms with Crippen LogP contribution >= 0.6 is 0 Å². The van der Waals surface area contributed by atoms with Crippen LogP contribution in [0.15, 0.2) is 60.8 Å². The van der Waals surface area contributed by atoms with Crippen LogP contribution in [0.5, 0.6) is 5.75 Å². The van der Waals surface area contributed by atoms with E-state index in [0.29, 0.717) is 13.0 Å². The SMILES string of the molecule is O=C1CCCc2c1c[nH]c2-c1ccccc1COc1ccccc1. The molecular weight excluding hydrogens is 298 g/mol. The van der Waals surface area contributed by atoms with Gasteiger partial charge in [-0.15, -0.1) is 0 Å². The van der Waals surface area contributed by atoms with E-state index < -0.39 is 0 Å². The molecule has 0 spiro atoms. The second-order valence-corrected chi connectivity index (χ2v) is 6.09. The summed E-state index contributed by atoms with van der Waals surface area (Å²) in [7, 11) is 0.